The standard InChI is InChI=1S/C15H18N2O2S/c1-9-16-11-7-6-10(15(18)19)8-13(11)17(9)12-4-3-5-14(12)20-2/h6-8,12,14H,3-5H2,1-2H3,(H,18,19). The number of carboxylic acids is 1. The highest BCUT2D eigenvalue weighted by atomic mass is 32.2. The molecule has 2 unspecified atom stereocenters. The van der Waals surface area contributed by atoms with Crippen LogP contribution in [0, 0.1) is 6.92 Å². The van der Waals surface area contributed by atoms with Crippen molar-refractivity contribution in [2.45, 2.75) is 37.5 Å². The molecule has 1 heterocycles. The molecule has 1 aliphatic carbocycles. The van der Waals surface area contributed by atoms with Crippen molar-refractivity contribution in [3.63, 3.8) is 0 Å². The summed E-state index contributed by atoms with van der Waals surface area (Å²) in [6.07, 6.45) is 5.76. The van der Waals surface area contributed by atoms with Gasteiger partial charge in [0.1, 0.15) is 5.82 Å². The number of imidazole rings is 1. The summed E-state index contributed by atoms with van der Waals surface area (Å²) in [5, 5.41) is 9.77. The zero-order valence-corrected chi connectivity index (χ0v) is 12.5. The van der Waals surface area contributed by atoms with Crippen LogP contribution in [-0.2, 0) is 0 Å². The second kappa shape index (κ2) is 5.13. The normalized spacial score (nSPS) is 22.5. The number of nitrogens with zero attached hydrogens (tertiary/aromatic N) is 2. The van der Waals surface area contributed by atoms with Crippen LogP contribution in [-0.4, -0.2) is 32.1 Å². The Labute approximate surface area is 122 Å². The van der Waals surface area contributed by atoms with Crippen LogP contribution in [0.15, 0.2) is 18.2 Å². The van der Waals surface area contributed by atoms with E-state index in [1.165, 1.54) is 12.8 Å². The summed E-state index contributed by atoms with van der Waals surface area (Å²) >= 11 is 1.90. The molecule has 0 radical (unpaired) electrons. The van der Waals surface area contributed by atoms with Gasteiger partial charge in [0.05, 0.1) is 16.6 Å². The fourth-order valence-corrected chi connectivity index (χ4v) is 4.22. The smallest absolute Gasteiger partial charge is 0.335 e. The predicted molar refractivity (Wildman–Crippen MR) is 81.6 cm³/mol. The number of aromatic nitrogens is 2. The zero-order valence-electron chi connectivity index (χ0n) is 11.7. The highest BCUT2D eigenvalue weighted by molar-refractivity contribution is 7.99. The first-order valence-corrected chi connectivity index (χ1v) is 8.15. The lowest BCUT2D eigenvalue weighted by molar-refractivity contribution is 0.0697. The molecule has 0 aliphatic heterocycles. The van der Waals surface area contributed by atoms with Crippen molar-refractivity contribution in [3.05, 3.63) is 29.6 Å². The SMILES string of the molecule is CSC1CCCC1n1c(C)nc2ccc(C(=O)O)cc21. The zero-order chi connectivity index (χ0) is 14.3. The molecule has 4 nitrogen and oxygen atoms in total. The van der Waals surface area contributed by atoms with Gasteiger partial charge in [0.15, 0.2) is 0 Å². The molecule has 1 N–H and O–H groups in total. The molecule has 0 spiro atoms. The van der Waals surface area contributed by atoms with E-state index in [4.69, 9.17) is 0 Å². The molecule has 1 fully saturated rings. The number of carbonyl (C=O) groups is 1. The van der Waals surface area contributed by atoms with Crippen LogP contribution in [0.25, 0.3) is 11.0 Å². The van der Waals surface area contributed by atoms with Gasteiger partial charge in [-0.2, -0.15) is 11.8 Å². The molecular weight excluding hydrogens is 272 g/mol. The fourth-order valence-electron chi connectivity index (χ4n) is 3.24. The number of hydrogen-bond donors (Lipinski definition) is 1. The van der Waals surface area contributed by atoms with Gasteiger partial charge in [-0.25, -0.2) is 9.78 Å². The van der Waals surface area contributed by atoms with E-state index in [-0.39, 0.29) is 0 Å². The molecule has 0 amide bonds. The third kappa shape index (κ3) is 2.10. The Kier molecular flexibility index (Phi) is 3.46. The van der Waals surface area contributed by atoms with Crippen LogP contribution < -0.4 is 0 Å². The summed E-state index contributed by atoms with van der Waals surface area (Å²) in [5.74, 6) is 0.0960. The highest BCUT2D eigenvalue weighted by Gasteiger charge is 2.30. The maximum Gasteiger partial charge on any atom is 0.335 e. The summed E-state index contributed by atoms with van der Waals surface area (Å²) in [5.41, 5.74) is 2.17. The van der Waals surface area contributed by atoms with Gasteiger partial charge in [0.2, 0.25) is 0 Å². The van der Waals surface area contributed by atoms with E-state index in [0.29, 0.717) is 16.9 Å². The van der Waals surface area contributed by atoms with Gasteiger partial charge in [0, 0.05) is 11.3 Å². The van der Waals surface area contributed by atoms with E-state index in [2.05, 4.69) is 15.8 Å². The molecule has 5 heteroatoms. The lowest BCUT2D eigenvalue weighted by Gasteiger charge is -2.21. The maximum absolute atomic E-state index is 11.2. The van der Waals surface area contributed by atoms with Crippen molar-refractivity contribution < 1.29 is 9.90 Å². The summed E-state index contributed by atoms with van der Waals surface area (Å²) in [6, 6.07) is 5.62. The Bertz CT molecular complexity index is 665. The minimum absolute atomic E-state index is 0.331. The molecule has 0 saturated heterocycles. The van der Waals surface area contributed by atoms with Crippen LogP contribution in [0.4, 0.5) is 0 Å². The number of fused-ring (bicyclic) bond motifs is 1. The third-order valence-corrected chi connectivity index (χ3v) is 5.32. The van der Waals surface area contributed by atoms with Crippen molar-refractivity contribution in [1.29, 1.82) is 0 Å². The van der Waals surface area contributed by atoms with E-state index >= 15 is 0 Å². The van der Waals surface area contributed by atoms with Gasteiger partial charge in [0.25, 0.3) is 0 Å². The van der Waals surface area contributed by atoms with Crippen molar-refractivity contribution >= 4 is 28.8 Å². The van der Waals surface area contributed by atoms with Crippen LogP contribution in [0.2, 0.25) is 0 Å². The lowest BCUT2D eigenvalue weighted by atomic mass is 10.1. The molecule has 2 aromatic rings. The number of aryl methyl sites for hydroxylation is 1. The van der Waals surface area contributed by atoms with Gasteiger partial charge < -0.3 is 9.67 Å². The monoisotopic (exact) mass is 290 g/mol. The Balaban J connectivity index is 2.15. The number of carboxylic acid groups (broad SMARTS) is 1. The van der Waals surface area contributed by atoms with Gasteiger partial charge in [-0.15, -0.1) is 0 Å². The minimum atomic E-state index is -0.884. The highest BCUT2D eigenvalue weighted by Crippen LogP contribution is 2.39. The van der Waals surface area contributed by atoms with Crippen molar-refractivity contribution in [2.24, 2.45) is 0 Å². The molecule has 20 heavy (non-hydrogen) atoms. The summed E-state index contributed by atoms with van der Waals surface area (Å²) in [7, 11) is 0. The average Bonchev–Trinajstić information content (AvgIpc) is 2.99. The van der Waals surface area contributed by atoms with Crippen molar-refractivity contribution in [3.8, 4) is 0 Å². The molecular formula is C15H18N2O2S. The molecule has 1 aliphatic rings. The first kappa shape index (κ1) is 13.5. The second-order valence-corrected chi connectivity index (χ2v) is 6.39. The minimum Gasteiger partial charge on any atom is -0.478 e. The van der Waals surface area contributed by atoms with Gasteiger partial charge in [-0.1, -0.05) is 6.42 Å². The summed E-state index contributed by atoms with van der Waals surface area (Å²) < 4.78 is 2.25. The van der Waals surface area contributed by atoms with Crippen LogP contribution in [0.5, 0.6) is 0 Å². The van der Waals surface area contributed by atoms with Crippen LogP contribution >= 0.6 is 11.8 Å². The molecule has 3 rings (SSSR count). The van der Waals surface area contributed by atoms with Crippen molar-refractivity contribution in [2.75, 3.05) is 6.26 Å². The number of hydrogen-bond acceptors (Lipinski definition) is 3. The van der Waals surface area contributed by atoms with Gasteiger partial charge in [-0.05, 0) is 44.2 Å². The summed E-state index contributed by atoms with van der Waals surface area (Å²) in [4.78, 5) is 15.8. The van der Waals surface area contributed by atoms with Gasteiger partial charge >= 0.3 is 5.97 Å². The van der Waals surface area contributed by atoms with E-state index in [1.807, 2.05) is 24.8 Å². The van der Waals surface area contributed by atoms with E-state index < -0.39 is 5.97 Å². The predicted octanol–water partition coefficient (Wildman–Crippen LogP) is 3.50. The van der Waals surface area contributed by atoms with Gasteiger partial charge in [-0.3, -0.25) is 0 Å². The first-order valence-electron chi connectivity index (χ1n) is 6.86. The molecule has 2 atom stereocenters. The maximum atomic E-state index is 11.2. The summed E-state index contributed by atoms with van der Waals surface area (Å²) in [6.45, 7) is 2.01. The van der Waals surface area contributed by atoms with E-state index in [0.717, 1.165) is 23.3 Å². The lowest BCUT2D eigenvalue weighted by Crippen LogP contribution is -2.17. The molecule has 0 bridgehead atoms. The molecule has 1 saturated carbocycles. The Morgan fingerprint density at radius 3 is 2.95 bits per heavy atom. The largest absolute Gasteiger partial charge is 0.478 e. The fraction of sp³-hybridized carbons (Fsp3) is 0.467. The number of aromatic carboxylic acids is 1. The molecule has 1 aromatic heterocycles. The quantitative estimate of drug-likeness (QED) is 0.940. The average molecular weight is 290 g/mol. The number of rotatable bonds is 3. The van der Waals surface area contributed by atoms with Crippen LogP contribution in [0.1, 0.15) is 41.5 Å². The topological polar surface area (TPSA) is 55.1 Å². The Morgan fingerprint density at radius 2 is 2.25 bits per heavy atom. The van der Waals surface area contributed by atoms with E-state index in [1.54, 1.807) is 12.1 Å². The Hall–Kier alpha value is -1.49. The molecule has 1 aromatic carbocycles. The molecule has 106 valence electrons. The van der Waals surface area contributed by atoms with E-state index in [9.17, 15) is 9.90 Å². The Morgan fingerprint density at radius 1 is 1.45 bits per heavy atom. The van der Waals surface area contributed by atoms with Crippen molar-refractivity contribution in [1.82, 2.24) is 9.55 Å². The first-order chi connectivity index (χ1) is 9.61. The number of benzene rings is 1. The number of thioether (sulfide) groups is 1. The second-order valence-electron chi connectivity index (χ2n) is 5.31. The third-order valence-electron chi connectivity index (χ3n) is 4.16. The van der Waals surface area contributed by atoms with Crippen LogP contribution in [0.3, 0.4) is 0 Å².